The Labute approximate surface area is 138 Å². The number of hydrogen-bond donors (Lipinski definition) is 1. The van der Waals surface area contributed by atoms with Crippen molar-refractivity contribution in [1.82, 2.24) is 0 Å². The van der Waals surface area contributed by atoms with Gasteiger partial charge in [-0.3, -0.25) is 0 Å². The van der Waals surface area contributed by atoms with Gasteiger partial charge < -0.3 is 14.6 Å². The lowest BCUT2D eigenvalue weighted by Crippen LogP contribution is -2.24. The first-order valence-corrected chi connectivity index (χ1v) is 7.91. The van der Waals surface area contributed by atoms with Crippen molar-refractivity contribution in [3.05, 3.63) is 59.2 Å². The number of benzene rings is 2. The average Bonchev–Trinajstić information content (AvgIpc) is 2.53. The van der Waals surface area contributed by atoms with Crippen LogP contribution in [0.15, 0.2) is 42.5 Å². The maximum atomic E-state index is 11.0. The summed E-state index contributed by atoms with van der Waals surface area (Å²) in [7, 11) is 3.30. The molecule has 1 unspecified atom stereocenters. The summed E-state index contributed by atoms with van der Waals surface area (Å²) < 4.78 is 11.1. The average molecular weight is 314 g/mol. The molecule has 0 fully saturated rings. The number of aliphatic hydroxyl groups is 1. The van der Waals surface area contributed by atoms with E-state index in [1.165, 1.54) is 0 Å². The van der Waals surface area contributed by atoms with Crippen LogP contribution in [0.4, 0.5) is 0 Å². The van der Waals surface area contributed by atoms with Crippen LogP contribution < -0.4 is 9.47 Å². The lowest BCUT2D eigenvalue weighted by molar-refractivity contribution is 0.0571. The van der Waals surface area contributed by atoms with Crippen molar-refractivity contribution in [2.24, 2.45) is 0 Å². The van der Waals surface area contributed by atoms with Gasteiger partial charge in [0.1, 0.15) is 11.5 Å². The molecule has 0 saturated carbocycles. The summed E-state index contributed by atoms with van der Waals surface area (Å²) in [5.41, 5.74) is 1.90. The van der Waals surface area contributed by atoms with Crippen LogP contribution in [0.2, 0.25) is 0 Å². The number of hydrogen-bond acceptors (Lipinski definition) is 3. The highest BCUT2D eigenvalue weighted by atomic mass is 16.5. The van der Waals surface area contributed by atoms with Gasteiger partial charge in [-0.1, -0.05) is 44.2 Å². The van der Waals surface area contributed by atoms with E-state index in [1.54, 1.807) is 14.2 Å². The van der Waals surface area contributed by atoms with Crippen LogP contribution in [0, 0.1) is 0 Å². The SMILES string of the molecule is COc1cc(C(C)(O)Cc2ccccc2)cc(OC)c1C(C)C. The molecule has 2 aromatic rings. The molecule has 0 radical (unpaired) electrons. The van der Waals surface area contributed by atoms with Crippen LogP contribution in [0.5, 0.6) is 11.5 Å². The van der Waals surface area contributed by atoms with Crippen LogP contribution in [-0.2, 0) is 12.0 Å². The van der Waals surface area contributed by atoms with Gasteiger partial charge >= 0.3 is 0 Å². The van der Waals surface area contributed by atoms with E-state index in [0.29, 0.717) is 6.42 Å². The molecule has 0 aliphatic heterocycles. The summed E-state index contributed by atoms with van der Waals surface area (Å²) in [6.45, 7) is 6.02. The summed E-state index contributed by atoms with van der Waals surface area (Å²) >= 11 is 0. The molecule has 0 aliphatic carbocycles. The Balaban J connectivity index is 2.45. The van der Waals surface area contributed by atoms with Crippen molar-refractivity contribution in [3.8, 4) is 11.5 Å². The van der Waals surface area contributed by atoms with Crippen LogP contribution >= 0.6 is 0 Å². The third-order valence-corrected chi connectivity index (χ3v) is 4.13. The third kappa shape index (κ3) is 3.85. The second-order valence-corrected chi connectivity index (χ2v) is 6.39. The molecular formula is C20H26O3. The fourth-order valence-electron chi connectivity index (χ4n) is 2.91. The van der Waals surface area contributed by atoms with Gasteiger partial charge in [0.15, 0.2) is 0 Å². The van der Waals surface area contributed by atoms with E-state index < -0.39 is 5.60 Å². The van der Waals surface area contributed by atoms with E-state index in [-0.39, 0.29) is 5.92 Å². The molecule has 124 valence electrons. The molecule has 0 aromatic heterocycles. The van der Waals surface area contributed by atoms with Gasteiger partial charge in [-0.2, -0.15) is 0 Å². The van der Waals surface area contributed by atoms with Gasteiger partial charge in [0, 0.05) is 12.0 Å². The van der Waals surface area contributed by atoms with Gasteiger partial charge in [-0.15, -0.1) is 0 Å². The van der Waals surface area contributed by atoms with Gasteiger partial charge in [-0.05, 0) is 36.1 Å². The molecule has 1 atom stereocenters. The normalized spacial score (nSPS) is 13.7. The zero-order chi connectivity index (χ0) is 17.0. The molecule has 0 spiro atoms. The van der Waals surface area contributed by atoms with Crippen molar-refractivity contribution < 1.29 is 14.6 Å². The van der Waals surface area contributed by atoms with Crippen LogP contribution in [-0.4, -0.2) is 19.3 Å². The summed E-state index contributed by atoms with van der Waals surface area (Å²) in [6, 6.07) is 13.8. The summed E-state index contributed by atoms with van der Waals surface area (Å²) in [4.78, 5) is 0. The molecule has 2 rings (SSSR count). The van der Waals surface area contributed by atoms with Gasteiger partial charge in [-0.25, -0.2) is 0 Å². The molecule has 0 bridgehead atoms. The second-order valence-electron chi connectivity index (χ2n) is 6.39. The number of rotatable bonds is 6. The van der Waals surface area contributed by atoms with E-state index in [4.69, 9.17) is 9.47 Å². The molecule has 0 heterocycles. The first-order chi connectivity index (χ1) is 10.9. The lowest BCUT2D eigenvalue weighted by atomic mass is 9.87. The molecule has 2 aromatic carbocycles. The quantitative estimate of drug-likeness (QED) is 0.865. The molecule has 0 amide bonds. The Morgan fingerprint density at radius 2 is 1.52 bits per heavy atom. The van der Waals surface area contributed by atoms with Crippen molar-refractivity contribution in [3.63, 3.8) is 0 Å². The zero-order valence-corrected chi connectivity index (χ0v) is 14.6. The summed E-state index contributed by atoms with van der Waals surface area (Å²) in [5, 5.41) is 11.0. The van der Waals surface area contributed by atoms with E-state index >= 15 is 0 Å². The summed E-state index contributed by atoms with van der Waals surface area (Å²) in [6.07, 6.45) is 0.529. The van der Waals surface area contributed by atoms with Crippen molar-refractivity contribution in [1.29, 1.82) is 0 Å². The zero-order valence-electron chi connectivity index (χ0n) is 14.6. The van der Waals surface area contributed by atoms with Crippen molar-refractivity contribution >= 4 is 0 Å². The lowest BCUT2D eigenvalue weighted by Gasteiger charge is -2.27. The highest BCUT2D eigenvalue weighted by Crippen LogP contribution is 2.39. The van der Waals surface area contributed by atoms with Gasteiger partial charge in [0.2, 0.25) is 0 Å². The predicted molar refractivity (Wildman–Crippen MR) is 93.4 cm³/mol. The van der Waals surface area contributed by atoms with Gasteiger partial charge in [0.25, 0.3) is 0 Å². The Morgan fingerprint density at radius 1 is 1.00 bits per heavy atom. The number of methoxy groups -OCH3 is 2. The molecule has 23 heavy (non-hydrogen) atoms. The fraction of sp³-hybridized carbons (Fsp3) is 0.400. The van der Waals surface area contributed by atoms with Crippen LogP contribution in [0.3, 0.4) is 0 Å². The minimum atomic E-state index is -1.00. The van der Waals surface area contributed by atoms with Crippen molar-refractivity contribution in [2.45, 2.75) is 38.7 Å². The predicted octanol–water partition coefficient (Wildman–Crippen LogP) is 4.28. The van der Waals surface area contributed by atoms with Crippen molar-refractivity contribution in [2.75, 3.05) is 14.2 Å². The van der Waals surface area contributed by atoms with Crippen LogP contribution in [0.1, 0.15) is 43.4 Å². The molecule has 0 saturated heterocycles. The molecule has 0 aliphatic rings. The topological polar surface area (TPSA) is 38.7 Å². The first-order valence-electron chi connectivity index (χ1n) is 7.91. The standard InChI is InChI=1S/C20H26O3/c1-14(2)19-17(22-4)11-16(12-18(19)23-5)20(3,21)13-15-9-7-6-8-10-15/h6-12,14,21H,13H2,1-5H3. The Bertz CT molecular complexity index is 620. The highest BCUT2D eigenvalue weighted by molar-refractivity contribution is 5.51. The van der Waals surface area contributed by atoms with Gasteiger partial charge in [0.05, 0.1) is 19.8 Å². The third-order valence-electron chi connectivity index (χ3n) is 4.13. The minimum Gasteiger partial charge on any atom is -0.496 e. The first kappa shape index (κ1) is 17.4. The molecule has 1 N–H and O–H groups in total. The largest absolute Gasteiger partial charge is 0.496 e. The molecular weight excluding hydrogens is 288 g/mol. The fourth-order valence-corrected chi connectivity index (χ4v) is 2.91. The maximum Gasteiger partial charge on any atom is 0.126 e. The minimum absolute atomic E-state index is 0.271. The maximum absolute atomic E-state index is 11.0. The molecule has 3 nitrogen and oxygen atoms in total. The highest BCUT2D eigenvalue weighted by Gasteiger charge is 2.27. The van der Waals surface area contributed by atoms with E-state index in [0.717, 1.165) is 28.2 Å². The van der Waals surface area contributed by atoms with E-state index in [2.05, 4.69) is 13.8 Å². The Hall–Kier alpha value is -2.00. The monoisotopic (exact) mass is 314 g/mol. The Kier molecular flexibility index (Phi) is 5.32. The van der Waals surface area contributed by atoms with E-state index in [1.807, 2.05) is 49.4 Å². The smallest absolute Gasteiger partial charge is 0.126 e. The second kappa shape index (κ2) is 7.05. The Morgan fingerprint density at radius 3 is 1.96 bits per heavy atom. The molecule has 3 heteroatoms. The number of ether oxygens (including phenoxy) is 2. The van der Waals surface area contributed by atoms with E-state index in [9.17, 15) is 5.11 Å². The van der Waals surface area contributed by atoms with Crippen LogP contribution in [0.25, 0.3) is 0 Å². The summed E-state index contributed by atoms with van der Waals surface area (Å²) in [5.74, 6) is 1.78.